The van der Waals surface area contributed by atoms with Crippen LogP contribution >= 0.6 is 27.3 Å². The Kier molecular flexibility index (Phi) is 4.54. The summed E-state index contributed by atoms with van der Waals surface area (Å²) in [7, 11) is -3.84. The van der Waals surface area contributed by atoms with E-state index in [-0.39, 0.29) is 23.1 Å². The second-order valence-electron chi connectivity index (χ2n) is 6.27. The zero-order chi connectivity index (χ0) is 19.4. The molecule has 0 spiro atoms. The first-order valence-electron chi connectivity index (χ1n) is 7.59. The monoisotopic (exact) mass is 479 g/mol. The lowest BCUT2D eigenvalue weighted by molar-refractivity contribution is -0.0523. The van der Waals surface area contributed by atoms with Gasteiger partial charge in [-0.1, -0.05) is 11.3 Å². The van der Waals surface area contributed by atoms with Crippen LogP contribution in [0.5, 0.6) is 0 Å². The lowest BCUT2D eigenvalue weighted by atomic mass is 10.0. The van der Waals surface area contributed by atoms with Crippen LogP contribution in [0, 0.1) is 0 Å². The smallest absolute Gasteiger partial charge is 0.291 e. The third-order valence-electron chi connectivity index (χ3n) is 3.91. The van der Waals surface area contributed by atoms with E-state index in [9.17, 15) is 17.2 Å². The van der Waals surface area contributed by atoms with Gasteiger partial charge in [-0.25, -0.2) is 26.9 Å². The van der Waals surface area contributed by atoms with Gasteiger partial charge in [0.25, 0.3) is 6.43 Å². The number of nitrogens with one attached hydrogen (secondary N) is 1. The third-order valence-corrected chi connectivity index (χ3v) is 7.06. The zero-order valence-corrected chi connectivity index (χ0v) is 16.9. The Morgan fingerprint density at radius 3 is 2.74 bits per heavy atom. The van der Waals surface area contributed by atoms with Crippen LogP contribution in [0.25, 0.3) is 16.3 Å². The van der Waals surface area contributed by atoms with Crippen LogP contribution in [0.2, 0.25) is 0 Å². The van der Waals surface area contributed by atoms with E-state index in [1.807, 2.05) is 0 Å². The number of nitrogens with zero attached hydrogens (tertiary/aromatic N) is 4. The SMILES string of the molecule is CC1(NS(=O)(=O)c2cc(Br)c3ncc(-c4nnc(C(F)F)s4)n3c2)COC1. The third kappa shape index (κ3) is 3.38. The number of pyridine rings is 1. The highest BCUT2D eigenvalue weighted by Crippen LogP contribution is 2.32. The van der Waals surface area contributed by atoms with Crippen molar-refractivity contribution in [2.24, 2.45) is 0 Å². The van der Waals surface area contributed by atoms with Crippen molar-refractivity contribution in [3.63, 3.8) is 0 Å². The molecule has 1 fully saturated rings. The molecule has 0 aromatic carbocycles. The molecule has 0 amide bonds. The number of fused-ring (bicyclic) bond motifs is 1. The van der Waals surface area contributed by atoms with Crippen LogP contribution in [-0.2, 0) is 14.8 Å². The highest BCUT2D eigenvalue weighted by atomic mass is 79.9. The molecule has 0 aliphatic carbocycles. The summed E-state index contributed by atoms with van der Waals surface area (Å²) in [6.07, 6.45) is 0.0745. The Morgan fingerprint density at radius 1 is 1.41 bits per heavy atom. The lowest BCUT2D eigenvalue weighted by Crippen LogP contribution is -2.59. The predicted octanol–water partition coefficient (Wildman–Crippen LogP) is 2.62. The van der Waals surface area contributed by atoms with E-state index in [1.54, 1.807) is 6.92 Å². The summed E-state index contributed by atoms with van der Waals surface area (Å²) in [5.74, 6) is 0. The van der Waals surface area contributed by atoms with Crippen molar-refractivity contribution >= 4 is 42.9 Å². The van der Waals surface area contributed by atoms with Crippen molar-refractivity contribution in [2.45, 2.75) is 23.8 Å². The van der Waals surface area contributed by atoms with Crippen molar-refractivity contribution < 1.29 is 21.9 Å². The normalized spacial score (nSPS) is 16.8. The van der Waals surface area contributed by atoms with E-state index in [1.165, 1.54) is 22.9 Å². The van der Waals surface area contributed by atoms with Crippen molar-refractivity contribution in [2.75, 3.05) is 13.2 Å². The average Bonchev–Trinajstić information content (AvgIpc) is 3.19. The van der Waals surface area contributed by atoms with Crippen molar-refractivity contribution in [3.05, 3.63) is 27.9 Å². The number of alkyl halides is 2. The number of halogens is 3. The summed E-state index contributed by atoms with van der Waals surface area (Å²) in [6, 6.07) is 1.43. The standard InChI is InChI=1S/C14H12BrF2N5O3S2/c1-14(5-25-6-14)21-27(23,24)7-2-8(15)11-18-3-9(22(11)4-7)12-19-20-13(26-12)10(16)17/h2-4,10,21H,5-6H2,1H3. The molecule has 144 valence electrons. The molecule has 1 aliphatic rings. The molecule has 0 radical (unpaired) electrons. The van der Waals surface area contributed by atoms with E-state index in [0.29, 0.717) is 15.8 Å². The molecule has 1 N–H and O–H groups in total. The maximum Gasteiger partial charge on any atom is 0.291 e. The van der Waals surface area contributed by atoms with Crippen molar-refractivity contribution in [3.8, 4) is 10.7 Å². The molecule has 4 rings (SSSR count). The van der Waals surface area contributed by atoms with Gasteiger partial charge < -0.3 is 4.74 Å². The largest absolute Gasteiger partial charge is 0.377 e. The van der Waals surface area contributed by atoms with E-state index < -0.39 is 27.0 Å². The zero-order valence-electron chi connectivity index (χ0n) is 13.7. The summed E-state index contributed by atoms with van der Waals surface area (Å²) < 4.78 is 60.7. The molecule has 1 aliphatic heterocycles. The van der Waals surface area contributed by atoms with Gasteiger partial charge in [0.05, 0.1) is 34.3 Å². The molecular formula is C14H12BrF2N5O3S2. The first-order chi connectivity index (χ1) is 12.7. The number of hydrogen-bond donors (Lipinski definition) is 1. The Balaban J connectivity index is 1.80. The van der Waals surface area contributed by atoms with Gasteiger partial charge in [0, 0.05) is 6.20 Å². The summed E-state index contributed by atoms with van der Waals surface area (Å²) >= 11 is 4.04. The van der Waals surface area contributed by atoms with Crippen LogP contribution in [-0.4, -0.2) is 46.8 Å². The van der Waals surface area contributed by atoms with Crippen LogP contribution in [0.3, 0.4) is 0 Å². The van der Waals surface area contributed by atoms with Gasteiger partial charge in [-0.2, -0.15) is 0 Å². The maximum atomic E-state index is 12.8. The molecule has 0 saturated carbocycles. The minimum Gasteiger partial charge on any atom is -0.377 e. The van der Waals surface area contributed by atoms with Crippen LogP contribution in [0.15, 0.2) is 27.8 Å². The van der Waals surface area contributed by atoms with E-state index in [0.717, 1.165) is 11.3 Å². The van der Waals surface area contributed by atoms with Gasteiger partial charge in [-0.3, -0.25) is 4.40 Å². The van der Waals surface area contributed by atoms with Crippen LogP contribution in [0.1, 0.15) is 18.4 Å². The van der Waals surface area contributed by atoms with Gasteiger partial charge in [0.1, 0.15) is 5.69 Å². The van der Waals surface area contributed by atoms with E-state index in [4.69, 9.17) is 4.74 Å². The summed E-state index contributed by atoms with van der Waals surface area (Å²) in [5.41, 5.74) is 0.130. The van der Waals surface area contributed by atoms with E-state index in [2.05, 4.69) is 35.8 Å². The lowest BCUT2D eigenvalue weighted by Gasteiger charge is -2.38. The number of hydrogen-bond acceptors (Lipinski definition) is 7. The van der Waals surface area contributed by atoms with Crippen molar-refractivity contribution in [1.82, 2.24) is 24.3 Å². The minimum absolute atomic E-state index is 0.00662. The topological polar surface area (TPSA) is 98.5 Å². The molecule has 3 aromatic heterocycles. The van der Waals surface area contributed by atoms with Crippen LogP contribution < -0.4 is 4.72 Å². The Hall–Kier alpha value is -1.54. The van der Waals surface area contributed by atoms with Gasteiger partial charge >= 0.3 is 0 Å². The fourth-order valence-corrected chi connectivity index (χ4v) is 5.40. The second-order valence-corrected chi connectivity index (χ2v) is 9.81. The number of imidazole rings is 1. The number of aromatic nitrogens is 4. The highest BCUT2D eigenvalue weighted by Gasteiger charge is 2.38. The fraction of sp³-hybridized carbons (Fsp3) is 0.357. The Labute approximate surface area is 164 Å². The van der Waals surface area contributed by atoms with Gasteiger partial charge in [-0.15, -0.1) is 10.2 Å². The van der Waals surface area contributed by atoms with Crippen LogP contribution in [0.4, 0.5) is 8.78 Å². The van der Waals surface area contributed by atoms with Gasteiger partial charge in [0.2, 0.25) is 10.0 Å². The summed E-state index contributed by atoms with van der Waals surface area (Å²) in [5, 5.41) is 7.02. The summed E-state index contributed by atoms with van der Waals surface area (Å²) in [4.78, 5) is 4.20. The number of sulfonamides is 1. The first kappa shape index (κ1) is 18.8. The molecule has 27 heavy (non-hydrogen) atoms. The quantitative estimate of drug-likeness (QED) is 0.603. The molecule has 13 heteroatoms. The Morgan fingerprint density at radius 2 is 2.15 bits per heavy atom. The Bertz CT molecular complexity index is 1130. The highest BCUT2D eigenvalue weighted by molar-refractivity contribution is 9.10. The fourth-order valence-electron chi connectivity index (χ4n) is 2.60. The summed E-state index contributed by atoms with van der Waals surface area (Å²) in [6.45, 7) is 2.32. The molecule has 0 atom stereocenters. The number of ether oxygens (including phenoxy) is 1. The maximum absolute atomic E-state index is 12.8. The molecule has 4 heterocycles. The second kappa shape index (κ2) is 6.51. The van der Waals surface area contributed by atoms with Crippen molar-refractivity contribution in [1.29, 1.82) is 0 Å². The molecule has 8 nitrogen and oxygen atoms in total. The molecule has 0 unspecified atom stereocenters. The molecule has 1 saturated heterocycles. The molecule has 3 aromatic rings. The number of rotatable bonds is 5. The molecule has 0 bridgehead atoms. The van der Waals surface area contributed by atoms with Gasteiger partial charge in [-0.05, 0) is 28.9 Å². The molecular weight excluding hydrogens is 468 g/mol. The minimum atomic E-state index is -3.84. The first-order valence-corrected chi connectivity index (χ1v) is 10.7. The average molecular weight is 480 g/mol. The van der Waals surface area contributed by atoms with E-state index >= 15 is 0 Å². The predicted molar refractivity (Wildman–Crippen MR) is 96.3 cm³/mol. The van der Waals surface area contributed by atoms with Gasteiger partial charge in [0.15, 0.2) is 15.7 Å².